The van der Waals surface area contributed by atoms with Crippen LogP contribution in [0.25, 0.3) is 10.9 Å². The number of anilines is 1. The molecule has 32 heavy (non-hydrogen) atoms. The number of nitrogens with one attached hydrogen (secondary N) is 1. The number of benzene rings is 2. The van der Waals surface area contributed by atoms with Crippen LogP contribution < -0.4 is 5.32 Å². The third kappa shape index (κ3) is 4.39. The van der Waals surface area contributed by atoms with E-state index in [4.69, 9.17) is 9.47 Å². The van der Waals surface area contributed by atoms with Crippen LogP contribution in [0.15, 0.2) is 42.6 Å². The van der Waals surface area contributed by atoms with Gasteiger partial charge in [0.05, 0.1) is 24.4 Å². The molecule has 1 aliphatic heterocycles. The highest BCUT2D eigenvalue weighted by molar-refractivity contribution is 6.02. The topological polar surface area (TPSA) is 85.7 Å². The third-order valence-corrected chi connectivity index (χ3v) is 6.03. The summed E-state index contributed by atoms with van der Waals surface area (Å²) in [5.74, 6) is -0.371. The van der Waals surface area contributed by atoms with Crippen molar-refractivity contribution in [2.75, 3.05) is 25.5 Å². The fourth-order valence-electron chi connectivity index (χ4n) is 4.12. The van der Waals surface area contributed by atoms with E-state index in [-0.39, 0.29) is 24.7 Å². The number of piperidine rings is 1. The number of carbonyl (C=O) groups is 2. The number of ether oxygens (including phenoxy) is 2. The Bertz CT molecular complexity index is 1120. The molecule has 0 radical (unpaired) electrons. The second kappa shape index (κ2) is 9.30. The van der Waals surface area contributed by atoms with E-state index in [1.807, 2.05) is 56.6 Å². The molecule has 0 aliphatic carbocycles. The van der Waals surface area contributed by atoms with E-state index in [9.17, 15) is 9.59 Å². The average Bonchev–Trinajstić information content (AvgIpc) is 3.20. The fraction of sp³-hybridized carbons (Fsp3) is 0.375. The minimum Gasteiger partial charge on any atom is -0.465 e. The maximum Gasteiger partial charge on any atom is 0.410 e. The standard InChI is InChI=1S/C24H28N4O4/c1-16-19(23(29)31-3)13-21-20(14-25-27(21)2)22(16)26-18-9-11-28(12-10-18)24(30)32-15-17-7-5-4-6-8-17/h4-8,13-14,18,26H,9-12,15H2,1-3H3. The summed E-state index contributed by atoms with van der Waals surface area (Å²) in [6.07, 6.45) is 3.08. The smallest absolute Gasteiger partial charge is 0.410 e. The summed E-state index contributed by atoms with van der Waals surface area (Å²) >= 11 is 0. The van der Waals surface area contributed by atoms with Crippen molar-refractivity contribution < 1.29 is 19.1 Å². The molecule has 1 fully saturated rings. The van der Waals surface area contributed by atoms with Crippen LogP contribution >= 0.6 is 0 Å². The highest BCUT2D eigenvalue weighted by atomic mass is 16.6. The summed E-state index contributed by atoms with van der Waals surface area (Å²) in [6.45, 7) is 3.40. The van der Waals surface area contributed by atoms with E-state index in [0.29, 0.717) is 18.7 Å². The van der Waals surface area contributed by atoms with Crippen molar-refractivity contribution in [2.24, 2.45) is 7.05 Å². The van der Waals surface area contributed by atoms with E-state index in [0.717, 1.165) is 40.6 Å². The largest absolute Gasteiger partial charge is 0.465 e. The first kappa shape index (κ1) is 21.7. The molecule has 4 rings (SSSR count). The van der Waals surface area contributed by atoms with Crippen LogP contribution in [0.3, 0.4) is 0 Å². The first-order valence-corrected chi connectivity index (χ1v) is 10.7. The zero-order valence-electron chi connectivity index (χ0n) is 18.6. The summed E-state index contributed by atoms with van der Waals surface area (Å²) in [7, 11) is 3.23. The van der Waals surface area contributed by atoms with Crippen molar-refractivity contribution in [2.45, 2.75) is 32.4 Å². The molecule has 168 valence electrons. The molecule has 8 heteroatoms. The molecule has 0 unspecified atom stereocenters. The third-order valence-electron chi connectivity index (χ3n) is 6.03. The number of carbonyl (C=O) groups excluding carboxylic acids is 2. The van der Waals surface area contributed by atoms with E-state index in [2.05, 4.69) is 10.4 Å². The normalized spacial score (nSPS) is 14.4. The van der Waals surface area contributed by atoms with Gasteiger partial charge in [0.15, 0.2) is 0 Å². The van der Waals surface area contributed by atoms with Gasteiger partial charge in [-0.25, -0.2) is 9.59 Å². The molecule has 3 aromatic rings. The van der Waals surface area contributed by atoms with Crippen molar-refractivity contribution in [3.8, 4) is 0 Å². The molecule has 8 nitrogen and oxygen atoms in total. The maximum atomic E-state index is 12.4. The van der Waals surface area contributed by atoms with Gasteiger partial charge in [-0.05, 0) is 37.0 Å². The first-order chi connectivity index (χ1) is 15.5. The van der Waals surface area contributed by atoms with Crippen molar-refractivity contribution in [3.63, 3.8) is 0 Å². The Morgan fingerprint density at radius 3 is 2.59 bits per heavy atom. The van der Waals surface area contributed by atoms with E-state index in [1.54, 1.807) is 9.58 Å². The van der Waals surface area contributed by atoms with Gasteiger partial charge in [-0.2, -0.15) is 5.10 Å². The minimum atomic E-state index is -0.371. The Morgan fingerprint density at radius 2 is 1.91 bits per heavy atom. The molecule has 0 spiro atoms. The number of nitrogens with zero attached hydrogens (tertiary/aromatic N) is 3. The highest BCUT2D eigenvalue weighted by Gasteiger charge is 2.26. The van der Waals surface area contributed by atoms with Crippen molar-refractivity contribution in [1.29, 1.82) is 0 Å². The second-order valence-electron chi connectivity index (χ2n) is 8.06. The molecule has 1 N–H and O–H groups in total. The molecule has 0 saturated carbocycles. The van der Waals surface area contributed by atoms with Crippen LogP contribution in [0.2, 0.25) is 0 Å². The monoisotopic (exact) mass is 436 g/mol. The fourth-order valence-corrected chi connectivity index (χ4v) is 4.12. The van der Waals surface area contributed by atoms with Gasteiger partial charge < -0.3 is 19.7 Å². The molecular formula is C24H28N4O4. The van der Waals surface area contributed by atoms with Gasteiger partial charge >= 0.3 is 12.1 Å². The molecule has 2 aromatic carbocycles. The number of aromatic nitrogens is 2. The highest BCUT2D eigenvalue weighted by Crippen LogP contribution is 2.32. The Hall–Kier alpha value is -3.55. The van der Waals surface area contributed by atoms with Gasteiger partial charge in [-0.1, -0.05) is 30.3 Å². The van der Waals surface area contributed by atoms with Crippen molar-refractivity contribution >= 4 is 28.7 Å². The Kier molecular flexibility index (Phi) is 6.30. The van der Waals surface area contributed by atoms with Crippen LogP contribution in [0.1, 0.15) is 34.3 Å². The van der Waals surface area contributed by atoms with Gasteiger partial charge in [-0.15, -0.1) is 0 Å². The SMILES string of the molecule is COC(=O)c1cc2c(cnn2C)c(NC2CCN(C(=O)OCc3ccccc3)CC2)c1C. The molecular weight excluding hydrogens is 408 g/mol. The van der Waals surface area contributed by atoms with Gasteiger partial charge in [-0.3, -0.25) is 4.68 Å². The first-order valence-electron chi connectivity index (χ1n) is 10.7. The molecule has 1 amide bonds. The van der Waals surface area contributed by atoms with Crippen LogP contribution in [0.5, 0.6) is 0 Å². The number of rotatable bonds is 5. The maximum absolute atomic E-state index is 12.4. The summed E-state index contributed by atoms with van der Waals surface area (Å²) in [4.78, 5) is 26.5. The summed E-state index contributed by atoms with van der Waals surface area (Å²) < 4.78 is 12.2. The zero-order valence-corrected chi connectivity index (χ0v) is 18.6. The molecule has 0 atom stereocenters. The van der Waals surface area contributed by atoms with E-state index >= 15 is 0 Å². The molecule has 1 saturated heterocycles. The van der Waals surface area contributed by atoms with E-state index < -0.39 is 0 Å². The number of amides is 1. The lowest BCUT2D eigenvalue weighted by Crippen LogP contribution is -2.42. The molecule has 1 aromatic heterocycles. The average molecular weight is 437 g/mol. The second-order valence-corrected chi connectivity index (χ2v) is 8.06. The number of esters is 1. The van der Waals surface area contributed by atoms with Crippen LogP contribution in [0, 0.1) is 6.92 Å². The van der Waals surface area contributed by atoms with Gasteiger partial charge in [0, 0.05) is 37.3 Å². The molecule has 1 aliphatic rings. The molecule has 2 heterocycles. The lowest BCUT2D eigenvalue weighted by Gasteiger charge is -2.32. The van der Waals surface area contributed by atoms with Crippen LogP contribution in [-0.4, -0.2) is 53.0 Å². The molecule has 0 bridgehead atoms. The number of methoxy groups -OCH3 is 1. The number of aryl methyl sites for hydroxylation is 1. The van der Waals surface area contributed by atoms with Gasteiger partial charge in [0.2, 0.25) is 0 Å². The lowest BCUT2D eigenvalue weighted by atomic mass is 10.00. The van der Waals surface area contributed by atoms with Crippen LogP contribution in [-0.2, 0) is 23.1 Å². The Balaban J connectivity index is 1.42. The van der Waals surface area contributed by atoms with Gasteiger partial charge in [0.25, 0.3) is 0 Å². The summed E-state index contributed by atoms with van der Waals surface area (Å²) in [5, 5.41) is 8.92. The number of likely N-dealkylation sites (tertiary alicyclic amines) is 1. The van der Waals surface area contributed by atoms with Crippen molar-refractivity contribution in [1.82, 2.24) is 14.7 Å². The Morgan fingerprint density at radius 1 is 1.19 bits per heavy atom. The number of fused-ring (bicyclic) bond motifs is 1. The Labute approximate surface area is 187 Å². The lowest BCUT2D eigenvalue weighted by molar-refractivity contribution is 0.0600. The zero-order chi connectivity index (χ0) is 22.7. The van der Waals surface area contributed by atoms with E-state index in [1.165, 1.54) is 7.11 Å². The van der Waals surface area contributed by atoms with Gasteiger partial charge in [0.1, 0.15) is 6.61 Å². The number of hydrogen-bond acceptors (Lipinski definition) is 6. The summed E-state index contributed by atoms with van der Waals surface area (Å²) in [6, 6.07) is 11.7. The van der Waals surface area contributed by atoms with Crippen LogP contribution in [0.4, 0.5) is 10.5 Å². The predicted octanol–water partition coefficient (Wildman–Crippen LogP) is 3.88. The van der Waals surface area contributed by atoms with Crippen molar-refractivity contribution in [3.05, 3.63) is 59.3 Å². The quantitative estimate of drug-likeness (QED) is 0.611. The summed E-state index contributed by atoms with van der Waals surface area (Å²) in [5.41, 5.74) is 4.08. The number of hydrogen-bond donors (Lipinski definition) is 1. The predicted molar refractivity (Wildman–Crippen MR) is 122 cm³/mol. The minimum absolute atomic E-state index is 0.170.